The van der Waals surface area contributed by atoms with E-state index in [0.29, 0.717) is 30.1 Å². The van der Waals surface area contributed by atoms with Crippen LogP contribution < -0.4 is 9.47 Å². The monoisotopic (exact) mass is 451 g/mol. The fourth-order valence-electron chi connectivity index (χ4n) is 3.02. The van der Waals surface area contributed by atoms with Gasteiger partial charge in [-0.3, -0.25) is 0 Å². The Morgan fingerprint density at radius 3 is 2.07 bits per heavy atom. The number of aromatic nitrogens is 3. The zero-order valence-electron chi connectivity index (χ0n) is 16.1. The van der Waals surface area contributed by atoms with E-state index >= 15 is 0 Å². The molecule has 0 saturated heterocycles. The molecule has 0 spiro atoms. The van der Waals surface area contributed by atoms with E-state index in [1.807, 2.05) is 66.9 Å². The van der Waals surface area contributed by atoms with E-state index in [-0.39, 0.29) is 0 Å². The number of thioether (sulfide) groups is 1. The third-order valence-electron chi connectivity index (χ3n) is 4.49. The quantitative estimate of drug-likeness (QED) is 0.217. The summed E-state index contributed by atoms with van der Waals surface area (Å²) in [5.74, 6) is 1.24. The van der Waals surface area contributed by atoms with Gasteiger partial charge in [-0.15, -0.1) is 11.3 Å². The summed E-state index contributed by atoms with van der Waals surface area (Å²) in [6.45, 7) is 0.932. The second kappa shape index (κ2) is 8.59. The Labute approximate surface area is 185 Å². The predicted molar refractivity (Wildman–Crippen MR) is 124 cm³/mol. The average molecular weight is 452 g/mol. The standard InChI is InChI=1S/C22H17N3O2S3/c1-28-22-23-19(26-12-14-8-4-2-5-9-14)16-17-18(29-21(16)24-22)20(25-30-17)27-13-15-10-6-3-7-11-15/h2-11H,12-13H2,1H3. The van der Waals surface area contributed by atoms with E-state index in [9.17, 15) is 0 Å². The number of thiophene rings is 1. The maximum absolute atomic E-state index is 6.13. The Kier molecular flexibility index (Phi) is 5.52. The molecule has 0 N–H and O–H groups in total. The van der Waals surface area contributed by atoms with Crippen LogP contribution >= 0.6 is 34.6 Å². The lowest BCUT2D eigenvalue weighted by Gasteiger charge is -2.07. The van der Waals surface area contributed by atoms with E-state index in [2.05, 4.69) is 9.36 Å². The van der Waals surface area contributed by atoms with Crippen LogP contribution in [-0.2, 0) is 13.2 Å². The van der Waals surface area contributed by atoms with Crippen LogP contribution in [0.4, 0.5) is 0 Å². The highest BCUT2D eigenvalue weighted by atomic mass is 32.2. The number of benzene rings is 2. The Bertz CT molecular complexity index is 1290. The molecule has 0 aliphatic rings. The Morgan fingerprint density at radius 1 is 0.800 bits per heavy atom. The third-order valence-corrected chi connectivity index (χ3v) is 7.08. The summed E-state index contributed by atoms with van der Waals surface area (Å²) < 4.78 is 18.7. The van der Waals surface area contributed by atoms with Crippen LogP contribution in [0.2, 0.25) is 0 Å². The van der Waals surface area contributed by atoms with Gasteiger partial charge in [-0.25, -0.2) is 4.98 Å². The van der Waals surface area contributed by atoms with Crippen molar-refractivity contribution in [1.82, 2.24) is 14.3 Å². The van der Waals surface area contributed by atoms with Gasteiger partial charge in [-0.05, 0) is 28.9 Å². The molecule has 0 saturated carbocycles. The van der Waals surface area contributed by atoms with Crippen molar-refractivity contribution >= 4 is 54.2 Å². The Hall–Kier alpha value is -2.68. The van der Waals surface area contributed by atoms with Crippen molar-refractivity contribution < 1.29 is 9.47 Å². The molecule has 150 valence electrons. The lowest BCUT2D eigenvalue weighted by molar-refractivity contribution is 0.295. The second-order valence-corrected chi connectivity index (χ2v) is 9.04. The molecule has 5 nitrogen and oxygen atoms in total. The first-order chi connectivity index (χ1) is 14.8. The van der Waals surface area contributed by atoms with Crippen molar-refractivity contribution in [3.63, 3.8) is 0 Å². The minimum Gasteiger partial charge on any atom is -0.472 e. The van der Waals surface area contributed by atoms with Crippen molar-refractivity contribution in [2.45, 2.75) is 18.4 Å². The van der Waals surface area contributed by atoms with Crippen LogP contribution in [0.5, 0.6) is 11.8 Å². The molecule has 2 aromatic carbocycles. The molecule has 0 atom stereocenters. The fourth-order valence-corrected chi connectivity index (χ4v) is 5.56. The minimum absolute atomic E-state index is 0.453. The van der Waals surface area contributed by atoms with E-state index in [0.717, 1.165) is 30.7 Å². The van der Waals surface area contributed by atoms with Gasteiger partial charge in [0, 0.05) is 0 Å². The minimum atomic E-state index is 0.453. The summed E-state index contributed by atoms with van der Waals surface area (Å²) in [7, 11) is 0. The smallest absolute Gasteiger partial charge is 0.243 e. The predicted octanol–water partition coefficient (Wildman–Crippen LogP) is 6.18. The molecule has 0 fully saturated rings. The fraction of sp³-hybridized carbons (Fsp3) is 0.136. The molecule has 3 heterocycles. The Morgan fingerprint density at radius 2 is 1.43 bits per heavy atom. The lowest BCUT2D eigenvalue weighted by Crippen LogP contribution is -1.99. The van der Waals surface area contributed by atoms with Crippen LogP contribution in [0.15, 0.2) is 65.8 Å². The highest BCUT2D eigenvalue weighted by Crippen LogP contribution is 2.44. The maximum Gasteiger partial charge on any atom is 0.243 e. The first-order valence-corrected chi connectivity index (χ1v) is 12.1. The molecule has 5 aromatic rings. The van der Waals surface area contributed by atoms with Gasteiger partial charge < -0.3 is 9.47 Å². The number of hydrogen-bond acceptors (Lipinski definition) is 8. The van der Waals surface area contributed by atoms with E-state index in [4.69, 9.17) is 14.5 Å². The molecule has 0 aliphatic carbocycles. The van der Waals surface area contributed by atoms with Gasteiger partial charge >= 0.3 is 0 Å². The summed E-state index contributed by atoms with van der Waals surface area (Å²) in [6, 6.07) is 20.2. The molecule has 0 radical (unpaired) electrons. The van der Waals surface area contributed by atoms with Crippen molar-refractivity contribution in [2.24, 2.45) is 0 Å². The maximum atomic E-state index is 6.13. The summed E-state index contributed by atoms with van der Waals surface area (Å²) >= 11 is 4.48. The van der Waals surface area contributed by atoms with Crippen molar-refractivity contribution in [3.05, 3.63) is 71.8 Å². The molecule has 0 unspecified atom stereocenters. The van der Waals surface area contributed by atoms with Gasteiger partial charge in [-0.1, -0.05) is 72.4 Å². The van der Waals surface area contributed by atoms with Crippen LogP contribution in [0.1, 0.15) is 11.1 Å². The topological polar surface area (TPSA) is 57.1 Å². The van der Waals surface area contributed by atoms with Gasteiger partial charge in [-0.2, -0.15) is 9.36 Å². The third kappa shape index (κ3) is 3.86. The number of rotatable bonds is 7. The van der Waals surface area contributed by atoms with Crippen molar-refractivity contribution in [2.75, 3.05) is 6.26 Å². The van der Waals surface area contributed by atoms with Crippen molar-refractivity contribution in [1.29, 1.82) is 0 Å². The Balaban J connectivity index is 1.50. The largest absolute Gasteiger partial charge is 0.472 e. The van der Waals surface area contributed by atoms with Gasteiger partial charge in [0.15, 0.2) is 5.16 Å². The van der Waals surface area contributed by atoms with Crippen molar-refractivity contribution in [3.8, 4) is 11.8 Å². The molecule has 30 heavy (non-hydrogen) atoms. The number of ether oxygens (including phenoxy) is 2. The second-order valence-electron chi connectivity index (χ2n) is 6.49. The molecule has 0 bridgehead atoms. The zero-order chi connectivity index (χ0) is 20.3. The van der Waals surface area contributed by atoms with E-state index in [1.54, 1.807) is 11.3 Å². The highest BCUT2D eigenvalue weighted by Gasteiger charge is 2.21. The van der Waals surface area contributed by atoms with Crippen LogP contribution in [0.3, 0.4) is 0 Å². The molecule has 0 aliphatic heterocycles. The number of nitrogens with zero attached hydrogens (tertiary/aromatic N) is 3. The molecular formula is C22H17N3O2S3. The normalized spacial score (nSPS) is 11.2. The van der Waals surface area contributed by atoms with Gasteiger partial charge in [0.05, 0.1) is 10.1 Å². The van der Waals surface area contributed by atoms with Gasteiger partial charge in [0.1, 0.15) is 22.7 Å². The number of fused-ring (bicyclic) bond motifs is 3. The average Bonchev–Trinajstić information content (AvgIpc) is 3.36. The highest BCUT2D eigenvalue weighted by molar-refractivity contribution is 7.98. The zero-order valence-corrected chi connectivity index (χ0v) is 18.5. The number of hydrogen-bond donors (Lipinski definition) is 0. The molecular weight excluding hydrogens is 434 g/mol. The van der Waals surface area contributed by atoms with Crippen LogP contribution in [0, 0.1) is 0 Å². The summed E-state index contributed by atoms with van der Waals surface area (Å²) in [5, 5.41) is 1.61. The molecule has 5 rings (SSSR count). The first-order valence-electron chi connectivity index (χ1n) is 9.29. The molecule has 0 amide bonds. The van der Waals surface area contributed by atoms with Gasteiger partial charge in [0.2, 0.25) is 11.8 Å². The summed E-state index contributed by atoms with van der Waals surface area (Å²) in [6.07, 6.45) is 1.97. The molecule has 3 aromatic heterocycles. The van der Waals surface area contributed by atoms with Crippen LogP contribution in [0.25, 0.3) is 19.6 Å². The van der Waals surface area contributed by atoms with Crippen LogP contribution in [-0.4, -0.2) is 20.6 Å². The lowest BCUT2D eigenvalue weighted by atomic mass is 10.2. The summed E-state index contributed by atoms with van der Waals surface area (Å²) in [5.41, 5.74) is 2.20. The summed E-state index contributed by atoms with van der Waals surface area (Å²) in [4.78, 5) is 10.2. The van der Waals surface area contributed by atoms with Gasteiger partial charge in [0.25, 0.3) is 0 Å². The first kappa shape index (κ1) is 19.3. The van der Waals surface area contributed by atoms with E-state index < -0.39 is 0 Å². The molecule has 8 heteroatoms. The van der Waals surface area contributed by atoms with E-state index in [1.165, 1.54) is 23.3 Å². The SMILES string of the molecule is CSc1nc(OCc2ccccc2)c2c(n1)sc1c(OCc3ccccc3)nsc12.